The van der Waals surface area contributed by atoms with Crippen LogP contribution in [0.2, 0.25) is 0 Å². The highest BCUT2D eigenvalue weighted by Gasteiger charge is 2.37. The van der Waals surface area contributed by atoms with Crippen LogP contribution >= 0.6 is 0 Å². The fourth-order valence-electron chi connectivity index (χ4n) is 4.75. The summed E-state index contributed by atoms with van der Waals surface area (Å²) in [6, 6.07) is 19.4. The van der Waals surface area contributed by atoms with Gasteiger partial charge >= 0.3 is 0 Å². The van der Waals surface area contributed by atoms with Gasteiger partial charge in [0, 0.05) is 19.1 Å². The molecule has 0 bridgehead atoms. The van der Waals surface area contributed by atoms with Crippen LogP contribution in [0.3, 0.4) is 0 Å². The third-order valence-corrected chi connectivity index (χ3v) is 8.30. The van der Waals surface area contributed by atoms with E-state index in [0.717, 1.165) is 11.1 Å². The zero-order chi connectivity index (χ0) is 26.6. The topological polar surface area (TPSA) is 82.1 Å². The van der Waals surface area contributed by atoms with Crippen LogP contribution in [0, 0.1) is 13.8 Å². The van der Waals surface area contributed by atoms with Crippen molar-refractivity contribution in [2.75, 3.05) is 27.4 Å². The molecular formula is C29H33NO6S. The van der Waals surface area contributed by atoms with E-state index in [1.807, 2.05) is 36.9 Å². The maximum Gasteiger partial charge on any atom is 0.254 e. The van der Waals surface area contributed by atoms with Crippen LogP contribution in [-0.2, 0) is 20.3 Å². The summed E-state index contributed by atoms with van der Waals surface area (Å²) in [6.07, 6.45) is 0.379. The molecule has 3 aromatic rings. The lowest BCUT2D eigenvalue weighted by Crippen LogP contribution is -2.39. The maximum atomic E-state index is 13.4. The second-order valence-corrected chi connectivity index (χ2v) is 11.4. The molecule has 0 aromatic heterocycles. The van der Waals surface area contributed by atoms with Crippen molar-refractivity contribution in [1.29, 1.82) is 0 Å². The van der Waals surface area contributed by atoms with Gasteiger partial charge in [-0.2, -0.15) is 0 Å². The quantitative estimate of drug-likeness (QED) is 0.408. The average Bonchev–Trinajstić information content (AvgIpc) is 3.27. The molecule has 8 heteroatoms. The normalized spacial score (nSPS) is 17.6. The van der Waals surface area contributed by atoms with Crippen molar-refractivity contribution in [3.05, 3.63) is 89.0 Å². The fraction of sp³-hybridized carbons (Fsp3) is 0.345. The number of hydrogen-bond donors (Lipinski definition) is 0. The van der Waals surface area contributed by atoms with Gasteiger partial charge in [-0.15, -0.1) is 0 Å². The molecule has 1 aliphatic rings. The van der Waals surface area contributed by atoms with Crippen molar-refractivity contribution in [3.63, 3.8) is 0 Å². The Bertz CT molecular complexity index is 1370. The molecule has 0 spiro atoms. The first-order valence-electron chi connectivity index (χ1n) is 12.2. The monoisotopic (exact) mass is 523 g/mol. The summed E-state index contributed by atoms with van der Waals surface area (Å²) in [4.78, 5) is 15.4. The summed E-state index contributed by atoms with van der Waals surface area (Å²) in [6.45, 7) is 4.74. The Kier molecular flexibility index (Phi) is 8.19. The SMILES string of the molecule is COC[C@@H]1C[C@H](Oc2cccc(CS(=O)(=O)c3ccccc3OC)c2)CN1C(=O)c1cc(C)ccc1C. The average molecular weight is 524 g/mol. The van der Waals surface area contributed by atoms with Gasteiger partial charge in [-0.1, -0.05) is 42.0 Å². The molecule has 1 fully saturated rings. The first-order chi connectivity index (χ1) is 17.7. The summed E-state index contributed by atoms with van der Waals surface area (Å²) in [5.74, 6) is 0.665. The highest BCUT2D eigenvalue weighted by Crippen LogP contribution is 2.29. The van der Waals surface area contributed by atoms with Gasteiger partial charge < -0.3 is 19.1 Å². The Hall–Kier alpha value is -3.36. The Balaban J connectivity index is 1.50. The number of amides is 1. The van der Waals surface area contributed by atoms with Gasteiger partial charge in [-0.05, 0) is 55.3 Å². The Labute approximate surface area is 218 Å². The highest BCUT2D eigenvalue weighted by molar-refractivity contribution is 7.90. The maximum absolute atomic E-state index is 13.4. The molecular weight excluding hydrogens is 490 g/mol. The third kappa shape index (κ3) is 6.14. The zero-order valence-corrected chi connectivity index (χ0v) is 22.5. The first-order valence-corrected chi connectivity index (χ1v) is 13.9. The van der Waals surface area contributed by atoms with Crippen molar-refractivity contribution in [1.82, 2.24) is 4.90 Å². The predicted molar refractivity (Wildman–Crippen MR) is 142 cm³/mol. The molecule has 0 aliphatic carbocycles. The fourth-order valence-corrected chi connectivity index (χ4v) is 6.27. The number of aryl methyl sites for hydroxylation is 2. The van der Waals surface area contributed by atoms with Crippen molar-refractivity contribution >= 4 is 15.7 Å². The van der Waals surface area contributed by atoms with Crippen LogP contribution in [0.25, 0.3) is 0 Å². The number of sulfone groups is 1. The van der Waals surface area contributed by atoms with E-state index in [-0.39, 0.29) is 28.7 Å². The van der Waals surface area contributed by atoms with Crippen LogP contribution in [0.5, 0.6) is 11.5 Å². The summed E-state index contributed by atoms with van der Waals surface area (Å²) in [5, 5.41) is 0. The number of ether oxygens (including phenoxy) is 3. The molecule has 37 heavy (non-hydrogen) atoms. The number of rotatable bonds is 9. The van der Waals surface area contributed by atoms with Crippen molar-refractivity contribution in [2.24, 2.45) is 0 Å². The molecule has 2 atom stereocenters. The van der Waals surface area contributed by atoms with Gasteiger partial charge in [-0.25, -0.2) is 8.42 Å². The number of likely N-dealkylation sites (tertiary alicyclic amines) is 1. The molecule has 1 heterocycles. The molecule has 196 valence electrons. The zero-order valence-electron chi connectivity index (χ0n) is 21.6. The summed E-state index contributed by atoms with van der Waals surface area (Å²) >= 11 is 0. The van der Waals surface area contributed by atoms with E-state index in [0.29, 0.717) is 42.2 Å². The summed E-state index contributed by atoms with van der Waals surface area (Å²) in [7, 11) is -0.545. The lowest BCUT2D eigenvalue weighted by molar-refractivity contribution is 0.0624. The number of carbonyl (C=O) groups excluding carboxylic acids is 1. The molecule has 4 rings (SSSR count). The van der Waals surface area contributed by atoms with Gasteiger partial charge in [0.25, 0.3) is 5.91 Å². The number of para-hydroxylation sites is 1. The molecule has 1 amide bonds. The van der Waals surface area contributed by atoms with Crippen molar-refractivity contribution in [3.8, 4) is 11.5 Å². The Morgan fingerprint density at radius 1 is 1.00 bits per heavy atom. The molecule has 7 nitrogen and oxygen atoms in total. The van der Waals surface area contributed by atoms with Gasteiger partial charge in [-0.3, -0.25) is 4.79 Å². The lowest BCUT2D eigenvalue weighted by atomic mass is 10.0. The van der Waals surface area contributed by atoms with Crippen LogP contribution in [0.1, 0.15) is 33.5 Å². The minimum atomic E-state index is -3.62. The second-order valence-electron chi connectivity index (χ2n) is 9.42. The number of carbonyl (C=O) groups is 1. The Morgan fingerprint density at radius 3 is 2.54 bits per heavy atom. The smallest absolute Gasteiger partial charge is 0.254 e. The van der Waals surface area contributed by atoms with E-state index in [2.05, 4.69) is 0 Å². The number of methoxy groups -OCH3 is 2. The van der Waals surface area contributed by atoms with Gasteiger partial charge in [0.05, 0.1) is 32.1 Å². The molecule has 0 saturated carbocycles. The second kappa shape index (κ2) is 11.4. The van der Waals surface area contributed by atoms with E-state index in [1.54, 1.807) is 55.6 Å². The molecule has 3 aromatic carbocycles. The number of nitrogens with zero attached hydrogens (tertiary/aromatic N) is 1. The van der Waals surface area contributed by atoms with Gasteiger partial charge in [0.1, 0.15) is 22.5 Å². The van der Waals surface area contributed by atoms with Crippen LogP contribution in [0.4, 0.5) is 0 Å². The number of benzene rings is 3. The van der Waals surface area contributed by atoms with E-state index >= 15 is 0 Å². The lowest BCUT2D eigenvalue weighted by Gasteiger charge is -2.24. The van der Waals surface area contributed by atoms with E-state index in [9.17, 15) is 13.2 Å². The molecule has 1 aliphatic heterocycles. The van der Waals surface area contributed by atoms with Gasteiger partial charge in [0.2, 0.25) is 0 Å². The minimum absolute atomic E-state index is 0.0361. The van der Waals surface area contributed by atoms with Gasteiger partial charge in [0.15, 0.2) is 9.84 Å². The standard InChI is InChI=1S/C29H33NO6S/c1-20-12-13-21(2)26(14-20)29(31)30-17-25(16-23(30)18-34-3)36-24-9-7-8-22(15-24)19-37(32,33)28-11-6-5-10-27(28)35-4/h5-15,23,25H,16-19H2,1-4H3/t23-,25-/m0/s1. The Morgan fingerprint density at radius 2 is 1.78 bits per heavy atom. The number of hydrogen-bond acceptors (Lipinski definition) is 6. The van der Waals surface area contributed by atoms with Crippen LogP contribution < -0.4 is 9.47 Å². The summed E-state index contributed by atoms with van der Waals surface area (Å²) < 4.78 is 43.1. The minimum Gasteiger partial charge on any atom is -0.495 e. The van der Waals surface area contributed by atoms with E-state index in [4.69, 9.17) is 14.2 Å². The van der Waals surface area contributed by atoms with E-state index in [1.165, 1.54) is 7.11 Å². The highest BCUT2D eigenvalue weighted by atomic mass is 32.2. The molecule has 1 saturated heterocycles. The first kappa shape index (κ1) is 26.7. The van der Waals surface area contributed by atoms with E-state index < -0.39 is 9.84 Å². The predicted octanol–water partition coefficient (Wildman–Crippen LogP) is 4.59. The summed E-state index contributed by atoms with van der Waals surface area (Å²) in [5.41, 5.74) is 3.26. The molecule has 0 radical (unpaired) electrons. The largest absolute Gasteiger partial charge is 0.495 e. The third-order valence-electron chi connectivity index (χ3n) is 6.58. The molecule has 0 unspecified atom stereocenters. The van der Waals surface area contributed by atoms with Crippen LogP contribution in [-0.4, -0.2) is 58.7 Å². The van der Waals surface area contributed by atoms with Crippen LogP contribution in [0.15, 0.2) is 71.6 Å². The molecule has 0 N–H and O–H groups in total. The van der Waals surface area contributed by atoms with Crippen molar-refractivity contribution in [2.45, 2.75) is 43.1 Å². The van der Waals surface area contributed by atoms with Crippen molar-refractivity contribution < 1.29 is 27.4 Å².